The molecule has 1 rings (SSSR count). The Kier molecular flexibility index (Phi) is 6.23. The lowest BCUT2D eigenvalue weighted by atomic mass is 10.1. The fourth-order valence-corrected chi connectivity index (χ4v) is 1.80. The van der Waals surface area contributed by atoms with Crippen LogP contribution < -0.4 is 0 Å². The average Bonchev–Trinajstić information content (AvgIpc) is 2.26. The number of allylic oxidation sites excluding steroid dienone is 1. The molecular formula is C15H22O2. The number of rotatable bonds is 7. The Morgan fingerprint density at radius 2 is 1.59 bits per heavy atom. The van der Waals surface area contributed by atoms with Crippen LogP contribution in [-0.2, 0) is 0 Å². The molecule has 0 fully saturated rings. The normalized spacial score (nSPS) is 11.1. The number of unbranched alkanes of at least 4 members (excludes halogenated alkanes) is 5. The third kappa shape index (κ3) is 6.00. The highest BCUT2D eigenvalue weighted by molar-refractivity contribution is 5.54. The summed E-state index contributed by atoms with van der Waals surface area (Å²) in [6, 6.07) is 4.63. The Labute approximate surface area is 104 Å². The molecule has 94 valence electrons. The van der Waals surface area contributed by atoms with Crippen molar-refractivity contribution in [2.24, 2.45) is 0 Å². The Hall–Kier alpha value is -1.44. The van der Waals surface area contributed by atoms with Gasteiger partial charge in [-0.15, -0.1) is 0 Å². The highest BCUT2D eigenvalue weighted by Gasteiger charge is 1.95. The summed E-state index contributed by atoms with van der Waals surface area (Å²) in [5.41, 5.74) is 0.844. The van der Waals surface area contributed by atoms with Gasteiger partial charge in [-0.1, -0.05) is 44.8 Å². The molecule has 0 amide bonds. The quantitative estimate of drug-likeness (QED) is 0.683. The molecule has 0 aliphatic rings. The molecule has 1 aromatic carbocycles. The molecule has 17 heavy (non-hydrogen) atoms. The first kappa shape index (κ1) is 13.6. The second-order valence-electron chi connectivity index (χ2n) is 4.39. The van der Waals surface area contributed by atoms with Gasteiger partial charge in [0, 0.05) is 6.07 Å². The van der Waals surface area contributed by atoms with Gasteiger partial charge in [-0.05, 0) is 30.5 Å². The summed E-state index contributed by atoms with van der Waals surface area (Å²) in [6.45, 7) is 2.22. The SMILES string of the molecule is CCCCCCC/C=C\c1cc(O)cc(O)c1. The van der Waals surface area contributed by atoms with Gasteiger partial charge < -0.3 is 10.2 Å². The number of phenols is 2. The molecule has 0 aromatic heterocycles. The van der Waals surface area contributed by atoms with Crippen molar-refractivity contribution < 1.29 is 10.2 Å². The second kappa shape index (κ2) is 7.77. The summed E-state index contributed by atoms with van der Waals surface area (Å²) in [4.78, 5) is 0. The monoisotopic (exact) mass is 234 g/mol. The smallest absolute Gasteiger partial charge is 0.119 e. The lowest BCUT2D eigenvalue weighted by Crippen LogP contribution is -1.76. The van der Waals surface area contributed by atoms with Crippen LogP contribution in [0.3, 0.4) is 0 Å². The lowest BCUT2D eigenvalue weighted by molar-refractivity contribution is 0.450. The lowest BCUT2D eigenvalue weighted by Gasteiger charge is -1.99. The molecule has 0 saturated heterocycles. The van der Waals surface area contributed by atoms with Crippen molar-refractivity contribution >= 4 is 6.08 Å². The first-order chi connectivity index (χ1) is 8.22. The highest BCUT2D eigenvalue weighted by atomic mass is 16.3. The molecule has 0 spiro atoms. The van der Waals surface area contributed by atoms with E-state index in [9.17, 15) is 10.2 Å². The number of hydrogen-bond acceptors (Lipinski definition) is 2. The molecule has 1 aromatic rings. The maximum atomic E-state index is 9.30. The summed E-state index contributed by atoms with van der Waals surface area (Å²) in [7, 11) is 0. The molecular weight excluding hydrogens is 212 g/mol. The van der Waals surface area contributed by atoms with Crippen LogP contribution in [-0.4, -0.2) is 10.2 Å². The van der Waals surface area contributed by atoms with Gasteiger partial charge in [0.25, 0.3) is 0 Å². The minimum absolute atomic E-state index is 0.104. The van der Waals surface area contributed by atoms with Crippen LogP contribution >= 0.6 is 0 Å². The van der Waals surface area contributed by atoms with Gasteiger partial charge in [0.2, 0.25) is 0 Å². The van der Waals surface area contributed by atoms with E-state index >= 15 is 0 Å². The number of benzene rings is 1. The van der Waals surface area contributed by atoms with E-state index in [-0.39, 0.29) is 11.5 Å². The molecule has 0 aliphatic carbocycles. The molecule has 0 aliphatic heterocycles. The van der Waals surface area contributed by atoms with E-state index < -0.39 is 0 Å². The van der Waals surface area contributed by atoms with Crippen molar-refractivity contribution in [1.29, 1.82) is 0 Å². The molecule has 0 saturated carbocycles. The van der Waals surface area contributed by atoms with Crippen molar-refractivity contribution in [1.82, 2.24) is 0 Å². The van der Waals surface area contributed by atoms with E-state index in [0.29, 0.717) is 0 Å². The van der Waals surface area contributed by atoms with Gasteiger partial charge in [-0.2, -0.15) is 0 Å². The van der Waals surface area contributed by atoms with Crippen LogP contribution in [0.25, 0.3) is 6.08 Å². The van der Waals surface area contributed by atoms with Crippen molar-refractivity contribution in [3.05, 3.63) is 29.8 Å². The van der Waals surface area contributed by atoms with Crippen molar-refractivity contribution in [2.45, 2.75) is 45.4 Å². The van der Waals surface area contributed by atoms with Crippen molar-refractivity contribution in [3.63, 3.8) is 0 Å². The topological polar surface area (TPSA) is 40.5 Å². The van der Waals surface area contributed by atoms with E-state index in [4.69, 9.17) is 0 Å². The molecule has 0 unspecified atom stereocenters. The summed E-state index contributed by atoms with van der Waals surface area (Å²) in [5.74, 6) is 0.209. The molecule has 2 N–H and O–H groups in total. The van der Waals surface area contributed by atoms with Gasteiger partial charge in [0.15, 0.2) is 0 Å². The average molecular weight is 234 g/mol. The van der Waals surface area contributed by atoms with Crippen molar-refractivity contribution in [2.75, 3.05) is 0 Å². The largest absolute Gasteiger partial charge is 0.508 e. The van der Waals surface area contributed by atoms with Gasteiger partial charge >= 0.3 is 0 Å². The van der Waals surface area contributed by atoms with Crippen LogP contribution in [0.5, 0.6) is 11.5 Å². The van der Waals surface area contributed by atoms with Gasteiger partial charge in [-0.3, -0.25) is 0 Å². The maximum Gasteiger partial charge on any atom is 0.119 e. The third-order valence-electron chi connectivity index (χ3n) is 2.71. The first-order valence-corrected chi connectivity index (χ1v) is 6.42. The van der Waals surface area contributed by atoms with Crippen LogP contribution in [0.15, 0.2) is 24.3 Å². The van der Waals surface area contributed by atoms with Crippen LogP contribution in [0, 0.1) is 0 Å². The molecule has 2 nitrogen and oxygen atoms in total. The summed E-state index contributed by atoms with van der Waals surface area (Å²) in [6.07, 6.45) is 11.5. The minimum Gasteiger partial charge on any atom is -0.508 e. The van der Waals surface area contributed by atoms with E-state index in [1.165, 1.54) is 38.2 Å². The number of phenolic OH excluding ortho intramolecular Hbond substituents is 2. The van der Waals surface area contributed by atoms with E-state index in [1.807, 2.05) is 6.08 Å². The molecule has 0 bridgehead atoms. The fourth-order valence-electron chi connectivity index (χ4n) is 1.80. The molecule has 0 radical (unpaired) electrons. The van der Waals surface area contributed by atoms with Crippen LogP contribution in [0.2, 0.25) is 0 Å². The standard InChI is InChI=1S/C15H22O2/c1-2-3-4-5-6-7-8-9-13-10-14(16)12-15(17)11-13/h8-12,16-17H,2-7H2,1H3/b9-8-. The number of hydrogen-bond donors (Lipinski definition) is 2. The Balaban J connectivity index is 2.28. The molecule has 2 heteroatoms. The van der Waals surface area contributed by atoms with Crippen LogP contribution in [0.1, 0.15) is 51.0 Å². The highest BCUT2D eigenvalue weighted by Crippen LogP contribution is 2.21. The molecule has 0 atom stereocenters. The van der Waals surface area contributed by atoms with E-state index in [0.717, 1.165) is 12.0 Å². The predicted molar refractivity (Wildman–Crippen MR) is 72.2 cm³/mol. The van der Waals surface area contributed by atoms with Gasteiger partial charge in [-0.25, -0.2) is 0 Å². The van der Waals surface area contributed by atoms with Crippen LogP contribution in [0.4, 0.5) is 0 Å². The third-order valence-corrected chi connectivity index (χ3v) is 2.71. The Morgan fingerprint density at radius 1 is 0.941 bits per heavy atom. The second-order valence-corrected chi connectivity index (χ2v) is 4.39. The molecule has 0 heterocycles. The predicted octanol–water partition coefficient (Wildman–Crippen LogP) is 4.47. The summed E-state index contributed by atoms with van der Waals surface area (Å²) in [5, 5.41) is 18.6. The Morgan fingerprint density at radius 3 is 2.24 bits per heavy atom. The van der Waals surface area contributed by atoms with E-state index in [2.05, 4.69) is 13.0 Å². The van der Waals surface area contributed by atoms with E-state index in [1.54, 1.807) is 12.1 Å². The zero-order valence-corrected chi connectivity index (χ0v) is 10.5. The summed E-state index contributed by atoms with van der Waals surface area (Å²) >= 11 is 0. The fraction of sp³-hybridized carbons (Fsp3) is 0.467. The Bertz CT molecular complexity index is 336. The van der Waals surface area contributed by atoms with Crippen molar-refractivity contribution in [3.8, 4) is 11.5 Å². The minimum atomic E-state index is 0.104. The first-order valence-electron chi connectivity index (χ1n) is 6.42. The summed E-state index contributed by atoms with van der Waals surface area (Å²) < 4.78 is 0. The van der Waals surface area contributed by atoms with Gasteiger partial charge in [0.05, 0.1) is 0 Å². The number of aromatic hydroxyl groups is 2. The zero-order chi connectivity index (χ0) is 12.5. The maximum absolute atomic E-state index is 9.30. The zero-order valence-electron chi connectivity index (χ0n) is 10.5. The van der Waals surface area contributed by atoms with Gasteiger partial charge in [0.1, 0.15) is 11.5 Å².